The second-order valence-electron chi connectivity index (χ2n) is 9.47. The summed E-state index contributed by atoms with van der Waals surface area (Å²) in [4.78, 5) is 26.4. The van der Waals surface area contributed by atoms with Crippen LogP contribution in [-0.2, 0) is 9.84 Å². The monoisotopic (exact) mass is 521 g/mol. The maximum atomic E-state index is 13.2. The van der Waals surface area contributed by atoms with E-state index in [1.165, 1.54) is 6.20 Å². The summed E-state index contributed by atoms with van der Waals surface area (Å²) in [5.41, 5.74) is 1.83. The Labute approximate surface area is 213 Å². The van der Waals surface area contributed by atoms with E-state index in [0.717, 1.165) is 18.7 Å². The minimum Gasteiger partial charge on any atom is -0.353 e. The number of carbonyl (C=O) groups is 1. The number of aromatic nitrogens is 6. The van der Waals surface area contributed by atoms with Gasteiger partial charge in [0.15, 0.2) is 27.1 Å². The fraction of sp³-hybridized carbons (Fsp3) is 0.375. The Bertz CT molecular complexity index is 1550. The average molecular weight is 522 g/mol. The van der Waals surface area contributed by atoms with E-state index in [2.05, 4.69) is 30.2 Å². The van der Waals surface area contributed by atoms with Gasteiger partial charge in [0.05, 0.1) is 17.7 Å². The van der Waals surface area contributed by atoms with Gasteiger partial charge in [-0.1, -0.05) is 6.07 Å². The van der Waals surface area contributed by atoms with E-state index in [-0.39, 0.29) is 23.5 Å². The Morgan fingerprint density at radius 2 is 1.92 bits per heavy atom. The highest BCUT2D eigenvalue weighted by Crippen LogP contribution is 2.26. The van der Waals surface area contributed by atoms with Crippen molar-refractivity contribution in [3.05, 3.63) is 60.2 Å². The highest BCUT2D eigenvalue weighted by molar-refractivity contribution is 7.91. The first kappa shape index (κ1) is 23.6. The predicted octanol–water partition coefficient (Wildman–Crippen LogP) is 1.18. The largest absolute Gasteiger partial charge is 0.353 e. The first-order chi connectivity index (χ1) is 17.9. The van der Waals surface area contributed by atoms with Gasteiger partial charge in [0, 0.05) is 56.9 Å². The summed E-state index contributed by atoms with van der Waals surface area (Å²) in [5, 5.41) is 12.0. The highest BCUT2D eigenvalue weighted by Gasteiger charge is 2.34. The molecule has 0 spiro atoms. The van der Waals surface area contributed by atoms with Crippen molar-refractivity contribution in [2.45, 2.75) is 19.4 Å². The molecule has 1 atom stereocenters. The van der Waals surface area contributed by atoms with E-state index in [0.29, 0.717) is 48.2 Å². The summed E-state index contributed by atoms with van der Waals surface area (Å²) in [6.07, 6.45) is 7.30. The number of aryl methyl sites for hydroxylation is 1. The number of carbonyl (C=O) groups excluding carboxylic acids is 1. The number of fused-ring (bicyclic) bond motifs is 1. The van der Waals surface area contributed by atoms with E-state index in [4.69, 9.17) is 5.10 Å². The van der Waals surface area contributed by atoms with Crippen LogP contribution >= 0.6 is 0 Å². The Balaban J connectivity index is 1.25. The van der Waals surface area contributed by atoms with E-state index in [1.807, 2.05) is 25.1 Å². The number of pyridine rings is 1. The van der Waals surface area contributed by atoms with E-state index < -0.39 is 9.84 Å². The van der Waals surface area contributed by atoms with Crippen molar-refractivity contribution in [1.82, 2.24) is 34.3 Å². The van der Waals surface area contributed by atoms with Crippen LogP contribution in [0.4, 0.5) is 11.6 Å². The minimum absolute atomic E-state index is 0.0933. The van der Waals surface area contributed by atoms with Crippen molar-refractivity contribution < 1.29 is 13.2 Å². The molecule has 2 aliphatic rings. The second kappa shape index (κ2) is 9.23. The molecule has 4 aromatic heterocycles. The van der Waals surface area contributed by atoms with Crippen LogP contribution in [0.25, 0.3) is 11.5 Å². The lowest BCUT2D eigenvalue weighted by Crippen LogP contribution is -2.50. The maximum Gasteiger partial charge on any atom is 0.262 e. The molecule has 37 heavy (non-hydrogen) atoms. The van der Waals surface area contributed by atoms with Gasteiger partial charge in [-0.25, -0.2) is 22.9 Å². The van der Waals surface area contributed by atoms with Gasteiger partial charge in [0.1, 0.15) is 11.4 Å². The molecule has 0 aliphatic carbocycles. The fourth-order valence-electron chi connectivity index (χ4n) is 4.92. The van der Waals surface area contributed by atoms with E-state index in [1.54, 1.807) is 33.9 Å². The third-order valence-electron chi connectivity index (χ3n) is 6.94. The number of nitrogens with zero attached hydrogens (tertiary/aromatic N) is 8. The number of amides is 1. The van der Waals surface area contributed by atoms with Crippen LogP contribution in [0.3, 0.4) is 0 Å². The maximum absolute atomic E-state index is 13.2. The molecule has 12 nitrogen and oxygen atoms in total. The lowest BCUT2D eigenvalue weighted by molar-refractivity contribution is 0.102. The van der Waals surface area contributed by atoms with Crippen LogP contribution in [0.5, 0.6) is 0 Å². The molecule has 2 fully saturated rings. The first-order valence-corrected chi connectivity index (χ1v) is 14.0. The van der Waals surface area contributed by atoms with Gasteiger partial charge in [0.2, 0.25) is 0 Å². The van der Waals surface area contributed by atoms with Crippen LogP contribution in [-0.4, -0.2) is 92.3 Å². The van der Waals surface area contributed by atoms with Gasteiger partial charge in [-0.15, -0.1) is 5.10 Å². The fourth-order valence-corrected chi connectivity index (χ4v) is 6.68. The van der Waals surface area contributed by atoms with Crippen molar-refractivity contribution in [2.24, 2.45) is 0 Å². The molecular formula is C24H27N9O3S. The van der Waals surface area contributed by atoms with E-state index >= 15 is 0 Å². The molecule has 0 bridgehead atoms. The summed E-state index contributed by atoms with van der Waals surface area (Å²) in [5.74, 6) is 1.96. The number of rotatable bonds is 5. The normalized spacial score (nSPS) is 19.9. The molecule has 0 unspecified atom stereocenters. The lowest BCUT2D eigenvalue weighted by atomic mass is 10.2. The molecule has 4 aromatic rings. The number of nitrogens with one attached hydrogen (secondary N) is 1. The molecule has 1 amide bonds. The molecule has 6 heterocycles. The van der Waals surface area contributed by atoms with Crippen molar-refractivity contribution >= 4 is 33.0 Å². The molecule has 2 saturated heterocycles. The molecule has 0 saturated carbocycles. The second-order valence-corrected chi connectivity index (χ2v) is 11.7. The van der Waals surface area contributed by atoms with Gasteiger partial charge >= 0.3 is 0 Å². The van der Waals surface area contributed by atoms with Crippen molar-refractivity contribution in [3.8, 4) is 5.82 Å². The Hall–Kier alpha value is -3.84. The zero-order chi connectivity index (χ0) is 25.6. The van der Waals surface area contributed by atoms with Gasteiger partial charge in [-0.3, -0.25) is 9.69 Å². The van der Waals surface area contributed by atoms with Crippen LogP contribution in [0.2, 0.25) is 0 Å². The van der Waals surface area contributed by atoms with Crippen LogP contribution in [0.15, 0.2) is 49.1 Å². The van der Waals surface area contributed by atoms with Crippen molar-refractivity contribution in [2.75, 3.05) is 47.9 Å². The third kappa shape index (κ3) is 4.67. The van der Waals surface area contributed by atoms with Crippen LogP contribution in [0, 0.1) is 6.92 Å². The van der Waals surface area contributed by atoms with Crippen LogP contribution < -0.4 is 10.2 Å². The predicted molar refractivity (Wildman–Crippen MR) is 138 cm³/mol. The van der Waals surface area contributed by atoms with Gasteiger partial charge < -0.3 is 10.2 Å². The van der Waals surface area contributed by atoms with E-state index in [9.17, 15) is 13.2 Å². The quantitative estimate of drug-likeness (QED) is 0.411. The van der Waals surface area contributed by atoms with Crippen molar-refractivity contribution in [3.63, 3.8) is 0 Å². The number of sulfone groups is 1. The first-order valence-electron chi connectivity index (χ1n) is 12.2. The number of hydrogen-bond acceptors (Lipinski definition) is 9. The molecule has 2 aliphatic heterocycles. The van der Waals surface area contributed by atoms with Gasteiger partial charge in [-0.2, -0.15) is 9.78 Å². The Morgan fingerprint density at radius 3 is 2.65 bits per heavy atom. The third-order valence-corrected chi connectivity index (χ3v) is 8.69. The summed E-state index contributed by atoms with van der Waals surface area (Å²) in [6, 6.07) is 7.48. The molecule has 0 aromatic carbocycles. The molecule has 13 heteroatoms. The standard InChI is InChI=1S/C24H27N9O3S/c1-17-3-4-20(26-14-17)33-21(28-24(34)19-15-27-32-7-2-6-25-23(19)32)13-22(29-33)31-10-8-30(9-11-31)18-5-12-37(35,36)16-18/h2-4,6-7,13-15,18H,5,8-12,16H2,1H3,(H,28,34)/t18-/m1/s1. The minimum atomic E-state index is -2.92. The number of piperazine rings is 1. The number of anilines is 2. The van der Waals surface area contributed by atoms with Gasteiger partial charge in [0.25, 0.3) is 5.91 Å². The smallest absolute Gasteiger partial charge is 0.262 e. The summed E-state index contributed by atoms with van der Waals surface area (Å²) >= 11 is 0. The van der Waals surface area contributed by atoms with Gasteiger partial charge in [-0.05, 0) is 31.0 Å². The summed E-state index contributed by atoms with van der Waals surface area (Å²) in [7, 11) is -2.92. The Kier molecular flexibility index (Phi) is 5.88. The molecule has 1 N–H and O–H groups in total. The molecular weight excluding hydrogens is 494 g/mol. The zero-order valence-electron chi connectivity index (χ0n) is 20.4. The number of hydrogen-bond donors (Lipinski definition) is 1. The lowest BCUT2D eigenvalue weighted by Gasteiger charge is -2.37. The molecule has 0 radical (unpaired) electrons. The van der Waals surface area contributed by atoms with Crippen LogP contribution in [0.1, 0.15) is 22.3 Å². The Morgan fingerprint density at radius 1 is 1.08 bits per heavy atom. The average Bonchev–Trinajstić information content (AvgIpc) is 3.61. The highest BCUT2D eigenvalue weighted by atomic mass is 32.2. The molecule has 192 valence electrons. The topological polar surface area (TPSA) is 131 Å². The SMILES string of the molecule is Cc1ccc(-n2nc(N3CCN([C@@H]4CCS(=O)(=O)C4)CC3)cc2NC(=O)c2cnn3cccnc23)nc1. The zero-order valence-corrected chi connectivity index (χ0v) is 21.2. The summed E-state index contributed by atoms with van der Waals surface area (Å²) in [6.45, 7) is 4.89. The molecule has 6 rings (SSSR count). The summed E-state index contributed by atoms with van der Waals surface area (Å²) < 4.78 is 27.0. The van der Waals surface area contributed by atoms with Crippen molar-refractivity contribution in [1.29, 1.82) is 0 Å².